The Hall–Kier alpha value is -2.13. The molecule has 0 aliphatic carbocycles. The number of rotatable bonds is 3. The number of aromatic hydroxyl groups is 1. The lowest BCUT2D eigenvalue weighted by Gasteiger charge is -2.04. The predicted molar refractivity (Wildman–Crippen MR) is 75.7 cm³/mol. The smallest absolute Gasteiger partial charge is 0.139 e. The lowest BCUT2D eigenvalue weighted by Crippen LogP contribution is -1.94. The summed E-state index contributed by atoms with van der Waals surface area (Å²) in [6.45, 7) is 0.412. The van der Waals surface area contributed by atoms with Crippen LogP contribution in [0.4, 0.5) is 0 Å². The van der Waals surface area contributed by atoms with E-state index in [-0.39, 0.29) is 5.75 Å². The van der Waals surface area contributed by atoms with Gasteiger partial charge in [-0.2, -0.15) is 0 Å². The minimum absolute atomic E-state index is 0.246. The highest BCUT2D eigenvalue weighted by atomic mass is 35.5. The van der Waals surface area contributed by atoms with E-state index in [1.54, 1.807) is 18.2 Å². The Morgan fingerprint density at radius 1 is 1.11 bits per heavy atom. The standard InChI is InChI=1S/C15H12ClNO2/c16-11-4-6-13(7-5-11)19-9-12-8-10-2-1-3-14(18)15(10)17-12/h1-8,17-18H,9H2. The van der Waals surface area contributed by atoms with Crippen molar-refractivity contribution in [3.63, 3.8) is 0 Å². The van der Waals surface area contributed by atoms with E-state index in [1.807, 2.05) is 30.3 Å². The average Bonchev–Trinajstić information content (AvgIpc) is 2.83. The molecule has 0 spiro atoms. The fourth-order valence-corrected chi connectivity index (χ4v) is 2.09. The Kier molecular flexibility index (Phi) is 3.05. The van der Waals surface area contributed by atoms with Crippen LogP contribution in [0.1, 0.15) is 5.69 Å². The van der Waals surface area contributed by atoms with Gasteiger partial charge in [0.05, 0.1) is 11.2 Å². The highest BCUT2D eigenvalue weighted by molar-refractivity contribution is 6.30. The van der Waals surface area contributed by atoms with Gasteiger partial charge in [-0.3, -0.25) is 0 Å². The van der Waals surface area contributed by atoms with Gasteiger partial charge in [-0.1, -0.05) is 23.7 Å². The molecule has 2 N–H and O–H groups in total. The van der Waals surface area contributed by atoms with Crippen molar-refractivity contribution in [2.45, 2.75) is 6.61 Å². The highest BCUT2D eigenvalue weighted by Crippen LogP contribution is 2.25. The zero-order valence-electron chi connectivity index (χ0n) is 10.1. The fourth-order valence-electron chi connectivity index (χ4n) is 1.97. The lowest BCUT2D eigenvalue weighted by atomic mass is 10.2. The molecule has 0 aliphatic heterocycles. The summed E-state index contributed by atoms with van der Waals surface area (Å²) in [5, 5.41) is 11.4. The quantitative estimate of drug-likeness (QED) is 0.754. The van der Waals surface area contributed by atoms with Crippen LogP contribution in [-0.2, 0) is 6.61 Å². The van der Waals surface area contributed by atoms with Crippen LogP contribution in [0, 0.1) is 0 Å². The number of aromatic amines is 1. The van der Waals surface area contributed by atoms with E-state index in [1.165, 1.54) is 0 Å². The number of para-hydroxylation sites is 1. The number of phenolic OH excluding ortho intramolecular Hbond substituents is 1. The molecule has 4 heteroatoms. The molecule has 2 aromatic carbocycles. The Balaban J connectivity index is 1.78. The van der Waals surface area contributed by atoms with Gasteiger partial charge in [-0.05, 0) is 36.4 Å². The first-order chi connectivity index (χ1) is 9.22. The van der Waals surface area contributed by atoms with Crippen LogP contribution in [0.5, 0.6) is 11.5 Å². The molecule has 0 saturated carbocycles. The predicted octanol–water partition coefficient (Wildman–Crippen LogP) is 4.11. The maximum atomic E-state index is 9.71. The molecule has 0 atom stereocenters. The molecular weight excluding hydrogens is 262 g/mol. The molecule has 0 aliphatic rings. The molecule has 0 amide bonds. The van der Waals surface area contributed by atoms with Crippen LogP contribution in [-0.4, -0.2) is 10.1 Å². The van der Waals surface area contributed by atoms with Gasteiger partial charge in [0, 0.05) is 10.4 Å². The Morgan fingerprint density at radius 3 is 2.63 bits per heavy atom. The fraction of sp³-hybridized carbons (Fsp3) is 0.0667. The molecule has 0 bridgehead atoms. The first-order valence-corrected chi connectivity index (χ1v) is 6.28. The van der Waals surface area contributed by atoms with Gasteiger partial charge in [0.25, 0.3) is 0 Å². The minimum atomic E-state index is 0.246. The molecular formula is C15H12ClNO2. The van der Waals surface area contributed by atoms with Crippen molar-refractivity contribution in [2.24, 2.45) is 0 Å². The number of phenols is 1. The van der Waals surface area contributed by atoms with Crippen molar-refractivity contribution in [2.75, 3.05) is 0 Å². The van der Waals surface area contributed by atoms with Crippen molar-refractivity contribution in [3.8, 4) is 11.5 Å². The van der Waals surface area contributed by atoms with Gasteiger partial charge >= 0.3 is 0 Å². The van der Waals surface area contributed by atoms with Crippen LogP contribution < -0.4 is 4.74 Å². The number of halogens is 1. The van der Waals surface area contributed by atoms with E-state index in [9.17, 15) is 5.11 Å². The molecule has 0 radical (unpaired) electrons. The van der Waals surface area contributed by atoms with Crippen LogP contribution in [0.2, 0.25) is 5.02 Å². The van der Waals surface area contributed by atoms with E-state index < -0.39 is 0 Å². The maximum Gasteiger partial charge on any atom is 0.139 e. The Bertz CT molecular complexity index is 704. The first-order valence-electron chi connectivity index (χ1n) is 5.90. The number of ether oxygens (including phenoxy) is 1. The van der Waals surface area contributed by atoms with Crippen molar-refractivity contribution < 1.29 is 9.84 Å². The van der Waals surface area contributed by atoms with Crippen LogP contribution in [0.15, 0.2) is 48.5 Å². The summed E-state index contributed by atoms with van der Waals surface area (Å²) in [4.78, 5) is 3.14. The summed E-state index contributed by atoms with van der Waals surface area (Å²) in [5.41, 5.74) is 1.64. The molecule has 1 aromatic heterocycles. The molecule has 1 heterocycles. The third-order valence-corrected chi connectivity index (χ3v) is 3.15. The monoisotopic (exact) mass is 273 g/mol. The second-order valence-corrected chi connectivity index (χ2v) is 4.71. The summed E-state index contributed by atoms with van der Waals surface area (Å²) < 4.78 is 5.64. The number of H-pyrrole nitrogens is 1. The topological polar surface area (TPSA) is 45.2 Å². The van der Waals surface area contributed by atoms with Crippen LogP contribution >= 0.6 is 11.6 Å². The normalized spacial score (nSPS) is 10.8. The second kappa shape index (κ2) is 4.86. The first kappa shape index (κ1) is 11.9. The van der Waals surface area contributed by atoms with E-state index >= 15 is 0 Å². The van der Waals surface area contributed by atoms with Gasteiger partial charge in [-0.25, -0.2) is 0 Å². The Morgan fingerprint density at radius 2 is 1.89 bits per heavy atom. The van der Waals surface area contributed by atoms with Gasteiger partial charge in [-0.15, -0.1) is 0 Å². The van der Waals surface area contributed by atoms with Gasteiger partial charge < -0.3 is 14.8 Å². The van der Waals surface area contributed by atoms with E-state index in [2.05, 4.69) is 4.98 Å². The number of hydrogen-bond donors (Lipinski definition) is 2. The summed E-state index contributed by atoms with van der Waals surface area (Å²) in [6.07, 6.45) is 0. The number of aromatic nitrogens is 1. The van der Waals surface area contributed by atoms with Crippen LogP contribution in [0.25, 0.3) is 10.9 Å². The highest BCUT2D eigenvalue weighted by Gasteiger charge is 2.05. The summed E-state index contributed by atoms with van der Waals surface area (Å²) >= 11 is 5.81. The number of fused-ring (bicyclic) bond motifs is 1. The van der Waals surface area contributed by atoms with E-state index in [0.29, 0.717) is 11.6 Å². The number of benzene rings is 2. The van der Waals surface area contributed by atoms with Gasteiger partial charge in [0.2, 0.25) is 0 Å². The largest absolute Gasteiger partial charge is 0.506 e. The average molecular weight is 274 g/mol. The van der Waals surface area contributed by atoms with Gasteiger partial charge in [0.15, 0.2) is 0 Å². The SMILES string of the molecule is Oc1cccc2cc(COc3ccc(Cl)cc3)[nH]c12. The molecule has 3 rings (SSSR count). The summed E-state index contributed by atoms with van der Waals surface area (Å²) in [7, 11) is 0. The molecule has 0 unspecified atom stereocenters. The van der Waals surface area contributed by atoms with Crippen molar-refractivity contribution >= 4 is 22.5 Å². The molecule has 3 nitrogen and oxygen atoms in total. The van der Waals surface area contributed by atoms with E-state index in [0.717, 1.165) is 22.3 Å². The second-order valence-electron chi connectivity index (χ2n) is 4.28. The van der Waals surface area contributed by atoms with E-state index in [4.69, 9.17) is 16.3 Å². The van der Waals surface area contributed by atoms with Crippen molar-refractivity contribution in [3.05, 3.63) is 59.2 Å². The van der Waals surface area contributed by atoms with Crippen LogP contribution in [0.3, 0.4) is 0 Å². The van der Waals surface area contributed by atoms with Gasteiger partial charge in [0.1, 0.15) is 18.1 Å². The Labute approximate surface area is 115 Å². The molecule has 96 valence electrons. The number of hydrogen-bond acceptors (Lipinski definition) is 2. The molecule has 0 fully saturated rings. The lowest BCUT2D eigenvalue weighted by molar-refractivity contribution is 0.302. The number of nitrogens with one attached hydrogen (secondary N) is 1. The zero-order valence-corrected chi connectivity index (χ0v) is 10.8. The summed E-state index contributed by atoms with van der Waals surface area (Å²) in [6, 6.07) is 14.6. The molecule has 19 heavy (non-hydrogen) atoms. The van der Waals surface area contributed by atoms with Crippen molar-refractivity contribution in [1.29, 1.82) is 0 Å². The van der Waals surface area contributed by atoms with Crippen molar-refractivity contribution in [1.82, 2.24) is 4.98 Å². The third kappa shape index (κ3) is 2.51. The zero-order chi connectivity index (χ0) is 13.2. The molecule has 3 aromatic rings. The maximum absolute atomic E-state index is 9.71. The molecule has 0 saturated heterocycles. The third-order valence-electron chi connectivity index (χ3n) is 2.90. The summed E-state index contributed by atoms with van der Waals surface area (Å²) in [5.74, 6) is 1.00. The minimum Gasteiger partial charge on any atom is -0.506 e.